The van der Waals surface area contributed by atoms with E-state index in [9.17, 15) is 9.59 Å². The number of furan rings is 1. The lowest BCUT2D eigenvalue weighted by molar-refractivity contribution is -0.122. The lowest BCUT2D eigenvalue weighted by atomic mass is 10.2. The third-order valence-corrected chi connectivity index (χ3v) is 4.61. The van der Waals surface area contributed by atoms with Crippen LogP contribution in [0.1, 0.15) is 23.4 Å². The second-order valence-corrected chi connectivity index (χ2v) is 6.56. The molecular formula is C18H21N3O3. The molecule has 1 aromatic heterocycles. The normalized spacial score (nSPS) is 18.8. The van der Waals surface area contributed by atoms with Gasteiger partial charge in [-0.2, -0.15) is 0 Å². The van der Waals surface area contributed by atoms with Crippen molar-refractivity contribution in [2.24, 2.45) is 0 Å². The van der Waals surface area contributed by atoms with E-state index in [2.05, 4.69) is 10.2 Å². The second-order valence-electron chi connectivity index (χ2n) is 6.56. The number of fused-ring (bicyclic) bond motifs is 1. The van der Waals surface area contributed by atoms with E-state index in [1.54, 1.807) is 11.0 Å². The van der Waals surface area contributed by atoms with Crippen molar-refractivity contribution in [3.8, 4) is 0 Å². The minimum Gasteiger partial charge on any atom is -0.451 e. The first kappa shape index (κ1) is 15.2. The molecule has 1 saturated carbocycles. The van der Waals surface area contributed by atoms with Gasteiger partial charge < -0.3 is 14.6 Å². The molecule has 4 rings (SSSR count). The Morgan fingerprint density at radius 2 is 1.88 bits per heavy atom. The predicted octanol–water partition coefficient (Wildman–Crippen LogP) is 1.47. The van der Waals surface area contributed by atoms with Crippen LogP contribution >= 0.6 is 0 Å². The molecule has 2 aliphatic rings. The van der Waals surface area contributed by atoms with Crippen LogP contribution in [0.25, 0.3) is 11.0 Å². The third kappa shape index (κ3) is 3.28. The van der Waals surface area contributed by atoms with Crippen LogP contribution in [0.15, 0.2) is 34.7 Å². The fourth-order valence-electron chi connectivity index (χ4n) is 3.06. The summed E-state index contributed by atoms with van der Waals surface area (Å²) >= 11 is 0. The summed E-state index contributed by atoms with van der Waals surface area (Å²) in [7, 11) is 0. The third-order valence-electron chi connectivity index (χ3n) is 4.61. The van der Waals surface area contributed by atoms with Crippen LogP contribution in [0, 0.1) is 0 Å². The lowest BCUT2D eigenvalue weighted by Crippen LogP contribution is -2.51. The number of piperazine rings is 1. The molecule has 24 heavy (non-hydrogen) atoms. The summed E-state index contributed by atoms with van der Waals surface area (Å²) in [5.41, 5.74) is 0.733. The molecule has 6 nitrogen and oxygen atoms in total. The number of hydrogen-bond donors (Lipinski definition) is 1. The maximum Gasteiger partial charge on any atom is 0.289 e. The molecule has 0 unspecified atom stereocenters. The molecule has 0 bridgehead atoms. The summed E-state index contributed by atoms with van der Waals surface area (Å²) in [4.78, 5) is 28.3. The van der Waals surface area contributed by atoms with E-state index in [1.807, 2.05) is 24.3 Å². The number of amides is 2. The van der Waals surface area contributed by atoms with Gasteiger partial charge in [-0.15, -0.1) is 0 Å². The smallest absolute Gasteiger partial charge is 0.289 e. The Bertz CT molecular complexity index is 725. The number of hydrogen-bond acceptors (Lipinski definition) is 4. The standard InChI is InChI=1S/C18H21N3O3/c22-17(19-14-5-6-14)12-20-7-9-21(10-8-20)18(23)16-11-13-3-1-2-4-15(13)24-16/h1-4,11,14H,5-10,12H2,(H,19,22). The van der Waals surface area contributed by atoms with Crippen molar-refractivity contribution in [3.05, 3.63) is 36.1 Å². The van der Waals surface area contributed by atoms with Gasteiger partial charge in [-0.25, -0.2) is 0 Å². The minimum atomic E-state index is -0.0757. The molecule has 0 radical (unpaired) electrons. The van der Waals surface area contributed by atoms with Gasteiger partial charge in [0.1, 0.15) is 5.58 Å². The van der Waals surface area contributed by atoms with Gasteiger partial charge in [0.25, 0.3) is 5.91 Å². The van der Waals surface area contributed by atoms with Crippen molar-refractivity contribution < 1.29 is 14.0 Å². The number of rotatable bonds is 4. The molecule has 1 aliphatic heterocycles. The van der Waals surface area contributed by atoms with E-state index in [1.165, 1.54) is 0 Å². The largest absolute Gasteiger partial charge is 0.451 e. The van der Waals surface area contributed by atoms with Crippen LogP contribution < -0.4 is 5.32 Å². The highest BCUT2D eigenvalue weighted by Crippen LogP contribution is 2.21. The summed E-state index contributed by atoms with van der Waals surface area (Å²) in [6.45, 7) is 3.08. The quantitative estimate of drug-likeness (QED) is 0.923. The second kappa shape index (κ2) is 6.28. The zero-order valence-electron chi connectivity index (χ0n) is 13.5. The molecule has 0 atom stereocenters. The minimum absolute atomic E-state index is 0.0757. The van der Waals surface area contributed by atoms with Gasteiger partial charge in [0, 0.05) is 37.6 Å². The number of benzene rings is 1. The van der Waals surface area contributed by atoms with Crippen LogP contribution in [0.4, 0.5) is 0 Å². The molecule has 1 aliphatic carbocycles. The van der Waals surface area contributed by atoms with Crippen molar-refractivity contribution in [1.82, 2.24) is 15.1 Å². The van der Waals surface area contributed by atoms with Crippen LogP contribution in [-0.4, -0.2) is 60.4 Å². The fraction of sp³-hybridized carbons (Fsp3) is 0.444. The lowest BCUT2D eigenvalue weighted by Gasteiger charge is -2.33. The van der Waals surface area contributed by atoms with Crippen molar-refractivity contribution >= 4 is 22.8 Å². The van der Waals surface area contributed by atoms with E-state index in [0.29, 0.717) is 44.5 Å². The molecule has 0 spiro atoms. The molecule has 2 heterocycles. The topological polar surface area (TPSA) is 65.8 Å². The summed E-state index contributed by atoms with van der Waals surface area (Å²) in [6, 6.07) is 9.82. The molecule has 126 valence electrons. The Kier molecular flexibility index (Phi) is 3.98. The summed E-state index contributed by atoms with van der Waals surface area (Å²) in [5.74, 6) is 0.402. The molecule has 6 heteroatoms. The monoisotopic (exact) mass is 327 g/mol. The van der Waals surface area contributed by atoms with Crippen molar-refractivity contribution in [1.29, 1.82) is 0 Å². The summed E-state index contributed by atoms with van der Waals surface area (Å²) in [5, 5.41) is 3.94. The van der Waals surface area contributed by atoms with E-state index < -0.39 is 0 Å². The van der Waals surface area contributed by atoms with E-state index in [0.717, 1.165) is 23.8 Å². The van der Waals surface area contributed by atoms with Gasteiger partial charge in [0.15, 0.2) is 5.76 Å². The van der Waals surface area contributed by atoms with Crippen LogP contribution in [0.5, 0.6) is 0 Å². The number of para-hydroxylation sites is 1. The van der Waals surface area contributed by atoms with E-state index in [-0.39, 0.29) is 11.8 Å². The van der Waals surface area contributed by atoms with E-state index >= 15 is 0 Å². The number of carbonyl (C=O) groups is 2. The molecule has 2 amide bonds. The summed E-state index contributed by atoms with van der Waals surface area (Å²) < 4.78 is 5.66. The molecular weight excluding hydrogens is 306 g/mol. The maximum absolute atomic E-state index is 12.6. The average Bonchev–Trinajstić information content (AvgIpc) is 3.29. The molecule has 1 N–H and O–H groups in total. The zero-order chi connectivity index (χ0) is 16.5. The van der Waals surface area contributed by atoms with Gasteiger partial charge in [0.2, 0.25) is 5.91 Å². The molecule has 1 saturated heterocycles. The van der Waals surface area contributed by atoms with Gasteiger partial charge in [-0.05, 0) is 25.0 Å². The van der Waals surface area contributed by atoms with Crippen molar-refractivity contribution in [2.75, 3.05) is 32.7 Å². The Balaban J connectivity index is 1.33. The molecule has 2 aromatic rings. The van der Waals surface area contributed by atoms with Gasteiger partial charge in [-0.1, -0.05) is 18.2 Å². The van der Waals surface area contributed by atoms with Crippen LogP contribution in [0.3, 0.4) is 0 Å². The highest BCUT2D eigenvalue weighted by atomic mass is 16.3. The van der Waals surface area contributed by atoms with Gasteiger partial charge in [-0.3, -0.25) is 14.5 Å². The highest BCUT2D eigenvalue weighted by molar-refractivity contribution is 5.96. The Hall–Kier alpha value is -2.34. The number of nitrogens with one attached hydrogen (secondary N) is 1. The number of nitrogens with zero attached hydrogens (tertiary/aromatic N) is 2. The predicted molar refractivity (Wildman–Crippen MR) is 89.7 cm³/mol. The highest BCUT2D eigenvalue weighted by Gasteiger charge is 2.27. The van der Waals surface area contributed by atoms with Gasteiger partial charge in [0.05, 0.1) is 6.54 Å². The first-order valence-corrected chi connectivity index (χ1v) is 8.48. The Morgan fingerprint density at radius 3 is 2.58 bits per heavy atom. The van der Waals surface area contributed by atoms with Crippen LogP contribution in [-0.2, 0) is 4.79 Å². The molecule has 1 aromatic carbocycles. The Morgan fingerprint density at radius 1 is 1.12 bits per heavy atom. The van der Waals surface area contributed by atoms with Crippen molar-refractivity contribution in [3.63, 3.8) is 0 Å². The maximum atomic E-state index is 12.6. The average molecular weight is 327 g/mol. The first-order valence-electron chi connectivity index (χ1n) is 8.48. The SMILES string of the molecule is O=C(CN1CCN(C(=O)c2cc3ccccc3o2)CC1)NC1CC1. The van der Waals surface area contributed by atoms with E-state index in [4.69, 9.17) is 4.42 Å². The Labute approximate surface area is 140 Å². The van der Waals surface area contributed by atoms with Crippen LogP contribution in [0.2, 0.25) is 0 Å². The zero-order valence-corrected chi connectivity index (χ0v) is 13.5. The van der Waals surface area contributed by atoms with Gasteiger partial charge >= 0.3 is 0 Å². The fourth-order valence-corrected chi connectivity index (χ4v) is 3.06. The van der Waals surface area contributed by atoms with Crippen molar-refractivity contribution in [2.45, 2.75) is 18.9 Å². The molecule has 2 fully saturated rings. The number of carbonyl (C=O) groups excluding carboxylic acids is 2. The summed E-state index contributed by atoms with van der Waals surface area (Å²) in [6.07, 6.45) is 2.21. The first-order chi connectivity index (χ1) is 11.7.